The van der Waals surface area contributed by atoms with E-state index in [4.69, 9.17) is 4.74 Å². The summed E-state index contributed by atoms with van der Waals surface area (Å²) in [6, 6.07) is 0. The molecule has 10 radical (unpaired) electrons. The second-order valence-electron chi connectivity index (χ2n) is 4.74. The predicted octanol–water partition coefficient (Wildman–Crippen LogP) is 4.46. The van der Waals surface area contributed by atoms with Crippen LogP contribution in [0.4, 0.5) is 0 Å². The van der Waals surface area contributed by atoms with E-state index in [1.165, 1.54) is 18.8 Å². The molecule has 2 saturated carbocycles. The molecule has 1 saturated heterocycles. The molecule has 0 aromatic carbocycles. The first kappa shape index (κ1) is 23.5. The molecule has 0 atom stereocenters. The molecule has 0 spiro atoms. The second kappa shape index (κ2) is 20.2. The Bertz CT molecular complexity index is 98.1. The van der Waals surface area contributed by atoms with Crippen LogP contribution in [0.15, 0.2) is 0 Å². The zero-order valence-electron chi connectivity index (χ0n) is 12.8. The van der Waals surface area contributed by atoms with Crippen molar-refractivity contribution >= 4 is 0 Å². The zero-order chi connectivity index (χ0) is 14.2. The minimum atomic E-state index is 0. The van der Waals surface area contributed by atoms with E-state index in [0.29, 0.717) is 0 Å². The van der Waals surface area contributed by atoms with E-state index in [-0.39, 0.29) is 37.3 Å². The Balaban J connectivity index is 0. The minimum Gasteiger partial charge on any atom is -0.381 e. The summed E-state index contributed by atoms with van der Waals surface area (Å²) in [5.41, 5.74) is 0. The smallest absolute Gasteiger partial charge is 0.0466 e. The minimum absolute atomic E-state index is 0. The molecule has 118 valence electrons. The Kier molecular flexibility index (Phi) is 23.7. The van der Waals surface area contributed by atoms with Crippen molar-refractivity contribution in [3.05, 3.63) is 70.1 Å². The van der Waals surface area contributed by atoms with Crippen molar-refractivity contribution in [3.8, 4) is 0 Å². The van der Waals surface area contributed by atoms with Crippen LogP contribution in [-0.4, -0.2) is 13.2 Å². The standard InChI is InChI=1S/2C5H5.C4H8O.C4H9.Er/c3*1-2-4-5-3-1;1-4(2)3;/h2*1-5H;1-4H2;1-3H3;/q;;;-1;. The summed E-state index contributed by atoms with van der Waals surface area (Å²) in [5.74, 6) is 1.42. The van der Waals surface area contributed by atoms with Gasteiger partial charge in [0.05, 0.1) is 0 Å². The number of hydrogen-bond acceptors (Lipinski definition) is 1. The number of ether oxygens (including phenoxy) is 1. The molecule has 0 aromatic rings. The monoisotopic (exact) mass is 425 g/mol. The van der Waals surface area contributed by atoms with Crippen molar-refractivity contribution in [1.29, 1.82) is 0 Å². The Morgan fingerprint density at radius 3 is 0.900 bits per heavy atom. The fraction of sp³-hybridized carbons (Fsp3) is 0.389. The predicted molar refractivity (Wildman–Crippen MR) is 83.3 cm³/mol. The van der Waals surface area contributed by atoms with E-state index in [9.17, 15) is 0 Å². The average Bonchev–Trinajstić information content (AvgIpc) is 3.18. The first-order valence-corrected chi connectivity index (χ1v) is 6.91. The molecule has 2 aliphatic carbocycles. The van der Waals surface area contributed by atoms with Crippen LogP contribution in [0.2, 0.25) is 0 Å². The third-order valence-electron chi connectivity index (χ3n) is 1.94. The van der Waals surface area contributed by atoms with Crippen LogP contribution in [-0.2, 0) is 4.74 Å². The molecule has 3 fully saturated rings. The number of hydrogen-bond donors (Lipinski definition) is 0. The van der Waals surface area contributed by atoms with Crippen LogP contribution in [0, 0.1) is 107 Å². The van der Waals surface area contributed by atoms with E-state index >= 15 is 0 Å². The summed E-state index contributed by atoms with van der Waals surface area (Å²) < 4.78 is 4.94. The normalized spacial score (nSPS) is 19.8. The fourth-order valence-electron chi connectivity index (χ4n) is 1.15. The van der Waals surface area contributed by atoms with Crippen molar-refractivity contribution in [2.75, 3.05) is 13.2 Å². The summed E-state index contributed by atoms with van der Waals surface area (Å²) in [6.45, 7) is 8.25. The maximum atomic E-state index is 4.94. The van der Waals surface area contributed by atoms with Gasteiger partial charge in [0, 0.05) is 50.5 Å². The van der Waals surface area contributed by atoms with Gasteiger partial charge in [0.1, 0.15) is 0 Å². The molecule has 3 rings (SSSR count). The molecule has 3 aliphatic rings. The molecule has 2 heteroatoms. The molecule has 0 unspecified atom stereocenters. The summed E-state index contributed by atoms with van der Waals surface area (Å²) in [4.78, 5) is 0. The summed E-state index contributed by atoms with van der Waals surface area (Å²) >= 11 is 0. The van der Waals surface area contributed by atoms with Gasteiger partial charge in [-0.05, 0) is 77.0 Å². The van der Waals surface area contributed by atoms with Crippen molar-refractivity contribution in [2.24, 2.45) is 0 Å². The molecule has 1 aliphatic heterocycles. The Hall–Kier alpha value is 1.21. The van der Waals surface area contributed by atoms with E-state index < -0.39 is 0 Å². The van der Waals surface area contributed by atoms with Crippen molar-refractivity contribution in [2.45, 2.75) is 33.6 Å². The van der Waals surface area contributed by atoms with Gasteiger partial charge in [-0.1, -0.05) is 0 Å². The Morgan fingerprint density at radius 1 is 0.600 bits per heavy atom. The molecular formula is C18H27ErO-. The van der Waals surface area contributed by atoms with Crippen molar-refractivity contribution in [1.82, 2.24) is 0 Å². The summed E-state index contributed by atoms with van der Waals surface area (Å²) in [5, 5.41) is 0. The largest absolute Gasteiger partial charge is 0.381 e. The summed E-state index contributed by atoms with van der Waals surface area (Å²) in [6.07, 6.45) is 22.6. The molecule has 0 amide bonds. The van der Waals surface area contributed by atoms with Gasteiger partial charge in [-0.3, -0.25) is 0 Å². The fourth-order valence-corrected chi connectivity index (χ4v) is 1.15. The van der Waals surface area contributed by atoms with Gasteiger partial charge in [0.2, 0.25) is 0 Å². The quantitative estimate of drug-likeness (QED) is 0.520. The molecule has 20 heavy (non-hydrogen) atoms. The number of rotatable bonds is 0. The van der Waals surface area contributed by atoms with Crippen LogP contribution in [0.25, 0.3) is 0 Å². The maximum Gasteiger partial charge on any atom is 0.0466 e. The van der Waals surface area contributed by atoms with Gasteiger partial charge in [-0.15, -0.1) is 0 Å². The molecule has 1 heterocycles. The van der Waals surface area contributed by atoms with Gasteiger partial charge >= 0.3 is 0 Å². The second-order valence-corrected chi connectivity index (χ2v) is 4.74. The van der Waals surface area contributed by atoms with Gasteiger partial charge in [0.15, 0.2) is 0 Å². The molecule has 1 nitrogen and oxygen atoms in total. The molecule has 0 aromatic heterocycles. The maximum absolute atomic E-state index is 4.94. The molecule has 0 bridgehead atoms. The Labute approximate surface area is 158 Å². The van der Waals surface area contributed by atoms with Gasteiger partial charge in [0.25, 0.3) is 0 Å². The SMILES string of the molecule is C1CCOC1.C[C-](C)C.[CH]1[CH][CH][CH][CH]1.[CH]1[CH][CH][CH][CH]1.[Er]. The molecular weight excluding hydrogens is 399 g/mol. The van der Waals surface area contributed by atoms with Gasteiger partial charge in [-0.25, -0.2) is 0 Å². The first-order valence-electron chi connectivity index (χ1n) is 6.91. The van der Waals surface area contributed by atoms with E-state index in [0.717, 1.165) is 13.2 Å². The zero-order valence-corrected chi connectivity index (χ0v) is 14.7. The van der Waals surface area contributed by atoms with Gasteiger partial charge < -0.3 is 10.7 Å². The van der Waals surface area contributed by atoms with Crippen LogP contribution in [0.3, 0.4) is 0 Å². The van der Waals surface area contributed by atoms with E-state index in [1.54, 1.807) is 0 Å². The van der Waals surface area contributed by atoms with Crippen LogP contribution in [0.5, 0.6) is 0 Å². The topological polar surface area (TPSA) is 9.23 Å². The average molecular weight is 427 g/mol. The van der Waals surface area contributed by atoms with Crippen molar-refractivity contribution in [3.63, 3.8) is 0 Å². The van der Waals surface area contributed by atoms with Crippen LogP contribution < -0.4 is 0 Å². The third-order valence-corrected chi connectivity index (χ3v) is 1.94. The Morgan fingerprint density at radius 2 is 0.800 bits per heavy atom. The first-order chi connectivity index (χ1) is 9.23. The summed E-state index contributed by atoms with van der Waals surface area (Å²) in [7, 11) is 0. The third kappa shape index (κ3) is 24.2. The van der Waals surface area contributed by atoms with Crippen LogP contribution in [0.1, 0.15) is 33.6 Å². The van der Waals surface area contributed by atoms with Crippen molar-refractivity contribution < 1.29 is 42.0 Å². The van der Waals surface area contributed by atoms with Gasteiger partial charge in [-0.2, -0.15) is 20.8 Å². The molecule has 0 N–H and O–H groups in total. The van der Waals surface area contributed by atoms with E-state index in [1.807, 2.05) is 64.2 Å². The van der Waals surface area contributed by atoms with E-state index in [2.05, 4.69) is 20.8 Å². The van der Waals surface area contributed by atoms with Crippen LogP contribution >= 0.6 is 0 Å².